The van der Waals surface area contributed by atoms with Gasteiger partial charge in [0.15, 0.2) is 11.5 Å². The van der Waals surface area contributed by atoms with Crippen LogP contribution in [0.3, 0.4) is 0 Å². The van der Waals surface area contributed by atoms with Gasteiger partial charge < -0.3 is 19.5 Å². The molecule has 4 nitrogen and oxygen atoms in total. The Kier molecular flexibility index (Phi) is 7.91. The van der Waals surface area contributed by atoms with Crippen LogP contribution in [0, 0.1) is 0 Å². The molecule has 0 saturated carbocycles. The summed E-state index contributed by atoms with van der Waals surface area (Å²) in [7, 11) is 1.59. The third-order valence-corrected chi connectivity index (χ3v) is 2.55. The minimum absolute atomic E-state index is 0.248. The molecule has 1 rings (SSSR count). The molecule has 0 aliphatic carbocycles. The predicted octanol–water partition coefficient (Wildman–Crippen LogP) is 2.47. The Morgan fingerprint density at radius 2 is 2.10 bits per heavy atom. The van der Waals surface area contributed by atoms with Crippen molar-refractivity contribution < 1.29 is 23.0 Å². The van der Waals surface area contributed by atoms with Gasteiger partial charge in [0.2, 0.25) is 0 Å². The molecule has 0 saturated heterocycles. The fourth-order valence-electron chi connectivity index (χ4n) is 1.74. The third-order valence-electron chi connectivity index (χ3n) is 2.55. The van der Waals surface area contributed by atoms with Crippen LogP contribution in [0.25, 0.3) is 0 Å². The summed E-state index contributed by atoms with van der Waals surface area (Å²) in [5.41, 5.74) is 0.951. The van der Waals surface area contributed by atoms with Gasteiger partial charge in [-0.2, -0.15) is 0 Å². The van der Waals surface area contributed by atoms with Gasteiger partial charge in [0.1, 0.15) is 6.61 Å². The number of para-hydroxylation sites is 1. The summed E-state index contributed by atoms with van der Waals surface area (Å²) in [6.07, 6.45) is -2.42. The molecule has 0 unspecified atom stereocenters. The molecular weight excluding hydrogens is 268 g/mol. The molecule has 1 aromatic carbocycles. The third kappa shape index (κ3) is 5.71. The van der Waals surface area contributed by atoms with E-state index >= 15 is 0 Å². The van der Waals surface area contributed by atoms with Gasteiger partial charge in [-0.25, -0.2) is 8.78 Å². The maximum atomic E-state index is 11.8. The van der Waals surface area contributed by atoms with E-state index in [1.54, 1.807) is 7.11 Å². The molecule has 0 atom stereocenters. The second kappa shape index (κ2) is 9.50. The summed E-state index contributed by atoms with van der Waals surface area (Å²) in [6, 6.07) is 5.66. The molecule has 0 radical (unpaired) electrons. The molecule has 114 valence electrons. The van der Waals surface area contributed by atoms with E-state index in [0.717, 1.165) is 5.56 Å². The summed E-state index contributed by atoms with van der Waals surface area (Å²) in [6.45, 7) is 3.25. The van der Waals surface area contributed by atoms with Gasteiger partial charge in [0.25, 0.3) is 6.43 Å². The highest BCUT2D eigenvalue weighted by molar-refractivity contribution is 5.46. The minimum atomic E-state index is -2.42. The highest BCUT2D eigenvalue weighted by Gasteiger charge is 2.09. The molecule has 0 fully saturated rings. The van der Waals surface area contributed by atoms with E-state index in [2.05, 4.69) is 5.32 Å². The number of alkyl halides is 2. The van der Waals surface area contributed by atoms with E-state index in [0.29, 0.717) is 31.2 Å². The molecule has 20 heavy (non-hydrogen) atoms. The van der Waals surface area contributed by atoms with Crippen molar-refractivity contribution in [3.05, 3.63) is 23.8 Å². The van der Waals surface area contributed by atoms with Gasteiger partial charge in [0.05, 0.1) is 20.3 Å². The number of halogens is 2. The lowest BCUT2D eigenvalue weighted by Gasteiger charge is -2.14. The van der Waals surface area contributed by atoms with Crippen LogP contribution in [0.1, 0.15) is 12.5 Å². The highest BCUT2D eigenvalue weighted by atomic mass is 19.3. The molecule has 0 spiro atoms. The van der Waals surface area contributed by atoms with Gasteiger partial charge in [-0.3, -0.25) is 0 Å². The topological polar surface area (TPSA) is 39.7 Å². The molecule has 1 aromatic rings. The fourth-order valence-corrected chi connectivity index (χ4v) is 1.74. The monoisotopic (exact) mass is 289 g/mol. The average molecular weight is 289 g/mol. The minimum Gasteiger partial charge on any atom is -0.493 e. The molecule has 0 heterocycles. The average Bonchev–Trinajstić information content (AvgIpc) is 2.43. The molecule has 0 aliphatic heterocycles. The van der Waals surface area contributed by atoms with Gasteiger partial charge >= 0.3 is 0 Å². The van der Waals surface area contributed by atoms with Crippen LogP contribution >= 0.6 is 0 Å². The van der Waals surface area contributed by atoms with Crippen molar-refractivity contribution in [2.24, 2.45) is 0 Å². The van der Waals surface area contributed by atoms with Crippen LogP contribution in [0.5, 0.6) is 11.5 Å². The Bertz CT molecular complexity index is 389. The summed E-state index contributed by atoms with van der Waals surface area (Å²) in [5, 5.41) is 3.11. The van der Waals surface area contributed by atoms with Crippen molar-refractivity contribution in [2.45, 2.75) is 19.9 Å². The standard InChI is InChI=1S/C14H21F2NO3/c1-3-20-12-6-4-5-11(14(12)18-2)9-17-7-8-19-10-13(15)16/h4-6,13,17H,3,7-10H2,1-2H3. The van der Waals surface area contributed by atoms with Gasteiger partial charge in [-0.1, -0.05) is 12.1 Å². The second-order valence-corrected chi connectivity index (χ2v) is 4.02. The van der Waals surface area contributed by atoms with E-state index < -0.39 is 13.0 Å². The number of methoxy groups -OCH3 is 1. The molecule has 6 heteroatoms. The van der Waals surface area contributed by atoms with E-state index in [-0.39, 0.29) is 6.61 Å². The normalized spacial score (nSPS) is 10.8. The first-order valence-electron chi connectivity index (χ1n) is 6.54. The Labute approximate surface area is 118 Å². The predicted molar refractivity (Wildman–Crippen MR) is 72.7 cm³/mol. The quantitative estimate of drug-likeness (QED) is 0.672. The Morgan fingerprint density at radius 3 is 2.75 bits per heavy atom. The maximum Gasteiger partial charge on any atom is 0.261 e. The van der Waals surface area contributed by atoms with Crippen LogP contribution in [0.15, 0.2) is 18.2 Å². The number of rotatable bonds is 10. The summed E-state index contributed by atoms with van der Waals surface area (Å²) < 4.78 is 39.3. The molecule has 0 bridgehead atoms. The Morgan fingerprint density at radius 1 is 1.30 bits per heavy atom. The van der Waals surface area contributed by atoms with Crippen LogP contribution in [-0.2, 0) is 11.3 Å². The number of nitrogens with one attached hydrogen (secondary N) is 1. The first-order valence-corrected chi connectivity index (χ1v) is 6.54. The van der Waals surface area contributed by atoms with Crippen molar-refractivity contribution in [1.82, 2.24) is 5.32 Å². The van der Waals surface area contributed by atoms with E-state index in [4.69, 9.17) is 14.2 Å². The highest BCUT2D eigenvalue weighted by Crippen LogP contribution is 2.30. The lowest BCUT2D eigenvalue weighted by Crippen LogP contribution is -2.21. The summed E-state index contributed by atoms with van der Waals surface area (Å²) in [4.78, 5) is 0. The van der Waals surface area contributed by atoms with Gasteiger partial charge in [-0.05, 0) is 13.0 Å². The van der Waals surface area contributed by atoms with E-state index in [1.165, 1.54) is 0 Å². The van der Waals surface area contributed by atoms with Crippen molar-refractivity contribution >= 4 is 0 Å². The summed E-state index contributed by atoms with van der Waals surface area (Å²) in [5.74, 6) is 1.39. The summed E-state index contributed by atoms with van der Waals surface area (Å²) >= 11 is 0. The van der Waals surface area contributed by atoms with Gasteiger partial charge in [-0.15, -0.1) is 0 Å². The number of hydrogen-bond donors (Lipinski definition) is 1. The van der Waals surface area contributed by atoms with Crippen LogP contribution in [-0.4, -0.2) is 39.9 Å². The number of ether oxygens (including phenoxy) is 3. The van der Waals surface area contributed by atoms with E-state index in [9.17, 15) is 8.78 Å². The fraction of sp³-hybridized carbons (Fsp3) is 0.571. The van der Waals surface area contributed by atoms with Crippen LogP contribution < -0.4 is 14.8 Å². The number of benzene rings is 1. The zero-order valence-electron chi connectivity index (χ0n) is 11.8. The molecular formula is C14H21F2NO3. The second-order valence-electron chi connectivity index (χ2n) is 4.02. The largest absolute Gasteiger partial charge is 0.493 e. The Balaban J connectivity index is 2.41. The number of hydrogen-bond acceptors (Lipinski definition) is 4. The SMILES string of the molecule is CCOc1cccc(CNCCOCC(F)F)c1OC. The van der Waals surface area contributed by atoms with Crippen LogP contribution in [0.4, 0.5) is 8.78 Å². The lowest BCUT2D eigenvalue weighted by atomic mass is 10.2. The first-order chi connectivity index (χ1) is 9.69. The van der Waals surface area contributed by atoms with Crippen molar-refractivity contribution in [1.29, 1.82) is 0 Å². The molecule has 0 aliphatic rings. The molecule has 0 amide bonds. The van der Waals surface area contributed by atoms with Crippen molar-refractivity contribution in [2.75, 3.05) is 33.5 Å². The first kappa shape index (κ1) is 16.7. The van der Waals surface area contributed by atoms with Crippen molar-refractivity contribution in [3.8, 4) is 11.5 Å². The van der Waals surface area contributed by atoms with Crippen molar-refractivity contribution in [3.63, 3.8) is 0 Å². The van der Waals surface area contributed by atoms with Gasteiger partial charge in [0, 0.05) is 18.7 Å². The zero-order chi connectivity index (χ0) is 14.8. The lowest BCUT2D eigenvalue weighted by molar-refractivity contribution is 0.0187. The molecule has 0 aromatic heterocycles. The smallest absolute Gasteiger partial charge is 0.261 e. The van der Waals surface area contributed by atoms with Crippen LogP contribution in [0.2, 0.25) is 0 Å². The molecule has 1 N–H and O–H groups in total. The maximum absolute atomic E-state index is 11.8. The zero-order valence-corrected chi connectivity index (χ0v) is 11.8. The Hall–Kier alpha value is -1.40. The van der Waals surface area contributed by atoms with E-state index in [1.807, 2.05) is 25.1 Å².